The first kappa shape index (κ1) is 11.2. The highest BCUT2D eigenvalue weighted by molar-refractivity contribution is 6.71. The number of halogens is 3. The summed E-state index contributed by atoms with van der Waals surface area (Å²) in [4.78, 5) is 26.3. The molecule has 1 aromatic rings. The summed E-state index contributed by atoms with van der Waals surface area (Å²) in [6.45, 7) is 0. The second kappa shape index (κ2) is 3.35. The van der Waals surface area contributed by atoms with Crippen molar-refractivity contribution < 1.29 is 27.6 Å². The summed E-state index contributed by atoms with van der Waals surface area (Å²) in [6, 6.07) is 3.05. The van der Waals surface area contributed by atoms with Crippen LogP contribution in [0.4, 0.5) is 13.2 Å². The van der Waals surface area contributed by atoms with Crippen LogP contribution in [0.3, 0.4) is 0 Å². The minimum absolute atomic E-state index is 0.287. The lowest BCUT2D eigenvalue weighted by molar-refractivity contribution is -0.137. The van der Waals surface area contributed by atoms with Crippen molar-refractivity contribution in [2.75, 3.05) is 0 Å². The molecule has 0 heterocycles. The van der Waals surface area contributed by atoms with E-state index in [1.807, 2.05) is 0 Å². The Morgan fingerprint density at radius 1 is 0.929 bits per heavy atom. The third-order valence-corrected chi connectivity index (χ3v) is 2.71. The standard InChI is InChI=1S/C7H7F3O3Si/c8-7(9,10)5-1-3-6(4-2-5)14(11,12)13/h1-4,11-13H. The fourth-order valence-corrected chi connectivity index (χ4v) is 1.50. The van der Waals surface area contributed by atoms with Crippen LogP contribution in [0.25, 0.3) is 0 Å². The molecule has 0 atom stereocenters. The maximum Gasteiger partial charge on any atom is 0.528 e. The Kier molecular flexibility index (Phi) is 2.68. The normalized spacial score (nSPS) is 13.0. The molecule has 0 bridgehead atoms. The zero-order valence-electron chi connectivity index (χ0n) is 6.78. The molecular formula is C7H7F3O3Si. The molecule has 0 saturated heterocycles. The summed E-state index contributed by atoms with van der Waals surface area (Å²) >= 11 is 0. The van der Waals surface area contributed by atoms with E-state index in [1.165, 1.54) is 0 Å². The molecule has 7 heteroatoms. The van der Waals surface area contributed by atoms with Crippen LogP contribution in [0, 0.1) is 0 Å². The molecule has 14 heavy (non-hydrogen) atoms. The highest BCUT2D eigenvalue weighted by atomic mass is 28.4. The quantitative estimate of drug-likeness (QED) is 0.580. The van der Waals surface area contributed by atoms with Gasteiger partial charge in [0.2, 0.25) is 0 Å². The van der Waals surface area contributed by atoms with E-state index in [2.05, 4.69) is 0 Å². The number of hydrogen-bond acceptors (Lipinski definition) is 3. The zero-order valence-corrected chi connectivity index (χ0v) is 7.78. The summed E-state index contributed by atoms with van der Waals surface area (Å²) in [5.74, 6) is 0. The van der Waals surface area contributed by atoms with Gasteiger partial charge in [-0.1, -0.05) is 12.1 Å². The van der Waals surface area contributed by atoms with Crippen LogP contribution < -0.4 is 5.19 Å². The summed E-state index contributed by atoms with van der Waals surface area (Å²) in [6.07, 6.45) is -4.47. The molecule has 0 aliphatic heterocycles. The van der Waals surface area contributed by atoms with Crippen LogP contribution in [-0.4, -0.2) is 23.2 Å². The van der Waals surface area contributed by atoms with E-state index in [9.17, 15) is 13.2 Å². The average Bonchev–Trinajstić information content (AvgIpc) is 2.01. The second-order valence-electron chi connectivity index (χ2n) is 2.71. The van der Waals surface area contributed by atoms with E-state index < -0.39 is 20.5 Å². The van der Waals surface area contributed by atoms with Crippen LogP contribution in [0.5, 0.6) is 0 Å². The van der Waals surface area contributed by atoms with Gasteiger partial charge in [-0.05, 0) is 12.1 Å². The van der Waals surface area contributed by atoms with Gasteiger partial charge in [-0.3, -0.25) is 0 Å². The van der Waals surface area contributed by atoms with Crippen molar-refractivity contribution in [1.82, 2.24) is 0 Å². The van der Waals surface area contributed by atoms with Crippen LogP contribution in [0.1, 0.15) is 5.56 Å². The molecule has 3 N–H and O–H groups in total. The van der Waals surface area contributed by atoms with E-state index in [0.29, 0.717) is 12.1 Å². The number of benzene rings is 1. The Balaban J connectivity index is 3.02. The van der Waals surface area contributed by atoms with Gasteiger partial charge in [0, 0.05) is 5.19 Å². The van der Waals surface area contributed by atoms with Crippen molar-refractivity contribution in [2.45, 2.75) is 6.18 Å². The maximum atomic E-state index is 12.0. The molecule has 0 unspecified atom stereocenters. The SMILES string of the molecule is O[Si](O)(O)c1ccc(C(F)(F)F)cc1. The van der Waals surface area contributed by atoms with E-state index >= 15 is 0 Å². The monoisotopic (exact) mass is 224 g/mol. The molecule has 1 aromatic carbocycles. The Morgan fingerprint density at radius 3 is 1.64 bits per heavy atom. The lowest BCUT2D eigenvalue weighted by atomic mass is 10.2. The minimum Gasteiger partial charge on any atom is -0.386 e. The van der Waals surface area contributed by atoms with Gasteiger partial charge in [-0.25, -0.2) is 0 Å². The van der Waals surface area contributed by atoms with E-state index in [1.54, 1.807) is 0 Å². The highest BCUT2D eigenvalue weighted by Crippen LogP contribution is 2.28. The van der Waals surface area contributed by atoms with Gasteiger partial charge in [0.15, 0.2) is 0 Å². The molecule has 0 fully saturated rings. The van der Waals surface area contributed by atoms with Crippen molar-refractivity contribution in [2.24, 2.45) is 0 Å². The summed E-state index contributed by atoms with van der Waals surface area (Å²) in [5.41, 5.74) is -0.903. The maximum absolute atomic E-state index is 12.0. The molecule has 0 aliphatic rings. The third kappa shape index (κ3) is 2.55. The number of rotatable bonds is 1. The van der Waals surface area contributed by atoms with Crippen LogP contribution in [-0.2, 0) is 6.18 Å². The van der Waals surface area contributed by atoms with Gasteiger partial charge in [-0.15, -0.1) is 0 Å². The summed E-state index contributed by atoms with van der Waals surface area (Å²) in [5, 5.41) is -0.287. The van der Waals surface area contributed by atoms with Crippen molar-refractivity contribution in [3.8, 4) is 0 Å². The Labute approximate surface area is 78.4 Å². The molecular weight excluding hydrogens is 217 g/mol. The lowest BCUT2D eigenvalue weighted by Gasteiger charge is -2.11. The van der Waals surface area contributed by atoms with Gasteiger partial charge >= 0.3 is 15.0 Å². The molecule has 0 spiro atoms. The van der Waals surface area contributed by atoms with E-state index in [0.717, 1.165) is 12.1 Å². The molecule has 0 radical (unpaired) electrons. The van der Waals surface area contributed by atoms with E-state index in [-0.39, 0.29) is 5.19 Å². The molecule has 0 aromatic heterocycles. The third-order valence-electron chi connectivity index (χ3n) is 1.60. The largest absolute Gasteiger partial charge is 0.528 e. The topological polar surface area (TPSA) is 60.7 Å². The molecule has 1 rings (SSSR count). The Morgan fingerprint density at radius 2 is 1.36 bits per heavy atom. The minimum atomic E-state index is -4.48. The lowest BCUT2D eigenvalue weighted by Crippen LogP contribution is -2.48. The first-order valence-electron chi connectivity index (χ1n) is 3.56. The highest BCUT2D eigenvalue weighted by Gasteiger charge is 2.33. The fourth-order valence-electron chi connectivity index (χ4n) is 0.883. The van der Waals surface area contributed by atoms with Crippen molar-refractivity contribution >= 4 is 14.0 Å². The molecule has 3 nitrogen and oxygen atoms in total. The van der Waals surface area contributed by atoms with Crippen LogP contribution in [0.2, 0.25) is 0 Å². The predicted molar refractivity (Wildman–Crippen MR) is 43.5 cm³/mol. The molecule has 0 aliphatic carbocycles. The van der Waals surface area contributed by atoms with Crippen molar-refractivity contribution in [1.29, 1.82) is 0 Å². The first-order valence-corrected chi connectivity index (χ1v) is 5.40. The Bertz CT molecular complexity index is 281. The van der Waals surface area contributed by atoms with Crippen LogP contribution in [0.15, 0.2) is 24.3 Å². The fraction of sp³-hybridized carbons (Fsp3) is 0.143. The van der Waals surface area contributed by atoms with Crippen LogP contribution >= 0.6 is 0 Å². The smallest absolute Gasteiger partial charge is 0.386 e. The van der Waals surface area contributed by atoms with Gasteiger partial charge < -0.3 is 14.4 Å². The second-order valence-corrected chi connectivity index (χ2v) is 4.56. The van der Waals surface area contributed by atoms with Crippen molar-refractivity contribution in [3.05, 3.63) is 29.8 Å². The number of hydrogen-bond donors (Lipinski definition) is 3. The summed E-state index contributed by atoms with van der Waals surface area (Å²) in [7, 11) is -4.48. The molecule has 78 valence electrons. The first-order chi connectivity index (χ1) is 6.21. The average molecular weight is 224 g/mol. The Hall–Kier alpha value is -0.893. The predicted octanol–water partition coefficient (Wildman–Crippen LogP) is -0.172. The zero-order chi connectivity index (χ0) is 11.0. The molecule has 0 saturated carbocycles. The van der Waals surface area contributed by atoms with Gasteiger partial charge in [-0.2, -0.15) is 13.2 Å². The van der Waals surface area contributed by atoms with Gasteiger partial charge in [0.1, 0.15) is 0 Å². The van der Waals surface area contributed by atoms with Crippen molar-refractivity contribution in [3.63, 3.8) is 0 Å². The van der Waals surface area contributed by atoms with Gasteiger partial charge in [0.05, 0.1) is 5.56 Å². The molecule has 0 amide bonds. The number of alkyl halides is 3. The van der Waals surface area contributed by atoms with Gasteiger partial charge in [0.25, 0.3) is 0 Å². The summed E-state index contributed by atoms with van der Waals surface area (Å²) < 4.78 is 36.1. The van der Waals surface area contributed by atoms with E-state index in [4.69, 9.17) is 14.4 Å².